The molecule has 0 radical (unpaired) electrons. The maximum absolute atomic E-state index is 12.1. The average molecular weight is 330 g/mol. The normalized spacial score (nSPS) is 14.1. The molecule has 1 fully saturated rings. The first-order valence-electron chi connectivity index (χ1n) is 7.45. The summed E-state index contributed by atoms with van der Waals surface area (Å²) in [5, 5.41) is 0.609. The minimum atomic E-state index is -0.399. The molecule has 1 aliphatic rings. The SMILES string of the molecule is O=C(OCc1cccc(Cl)c1)c1ccc(N2CCCC2=O)cc1. The molecule has 118 valence electrons. The molecule has 3 rings (SSSR count). The Morgan fingerprint density at radius 3 is 2.61 bits per heavy atom. The molecule has 4 nitrogen and oxygen atoms in total. The van der Waals surface area contributed by atoms with Crippen LogP contribution in [0.3, 0.4) is 0 Å². The van der Waals surface area contributed by atoms with E-state index >= 15 is 0 Å². The summed E-state index contributed by atoms with van der Waals surface area (Å²) in [6, 6.07) is 14.1. The summed E-state index contributed by atoms with van der Waals surface area (Å²) in [7, 11) is 0. The van der Waals surface area contributed by atoms with E-state index in [1.165, 1.54) is 0 Å². The van der Waals surface area contributed by atoms with Crippen LogP contribution in [0.2, 0.25) is 5.02 Å². The van der Waals surface area contributed by atoms with E-state index in [-0.39, 0.29) is 12.5 Å². The highest BCUT2D eigenvalue weighted by Gasteiger charge is 2.21. The van der Waals surface area contributed by atoms with Gasteiger partial charge in [0.25, 0.3) is 0 Å². The van der Waals surface area contributed by atoms with Crippen LogP contribution in [0.5, 0.6) is 0 Å². The van der Waals surface area contributed by atoms with E-state index in [0.717, 1.165) is 24.2 Å². The fraction of sp³-hybridized carbons (Fsp3) is 0.222. The van der Waals surface area contributed by atoms with Gasteiger partial charge in [-0.25, -0.2) is 4.79 Å². The summed E-state index contributed by atoms with van der Waals surface area (Å²) in [4.78, 5) is 25.5. The number of hydrogen-bond donors (Lipinski definition) is 0. The van der Waals surface area contributed by atoms with Gasteiger partial charge in [-0.2, -0.15) is 0 Å². The Bertz CT molecular complexity index is 727. The number of carbonyl (C=O) groups excluding carboxylic acids is 2. The van der Waals surface area contributed by atoms with Gasteiger partial charge in [0, 0.05) is 23.7 Å². The van der Waals surface area contributed by atoms with Crippen molar-refractivity contribution in [3.05, 3.63) is 64.7 Å². The van der Waals surface area contributed by atoms with E-state index in [9.17, 15) is 9.59 Å². The highest BCUT2D eigenvalue weighted by Crippen LogP contribution is 2.22. The Labute approximate surface area is 139 Å². The lowest BCUT2D eigenvalue weighted by Gasteiger charge is -2.15. The molecule has 1 amide bonds. The zero-order valence-corrected chi connectivity index (χ0v) is 13.3. The van der Waals surface area contributed by atoms with E-state index in [4.69, 9.17) is 16.3 Å². The van der Waals surface area contributed by atoms with Crippen LogP contribution in [0.1, 0.15) is 28.8 Å². The van der Waals surface area contributed by atoms with Crippen molar-refractivity contribution in [3.8, 4) is 0 Å². The minimum absolute atomic E-state index is 0.126. The van der Waals surface area contributed by atoms with Gasteiger partial charge < -0.3 is 9.64 Å². The maximum Gasteiger partial charge on any atom is 0.338 e. The van der Waals surface area contributed by atoms with Crippen LogP contribution in [-0.2, 0) is 16.1 Å². The van der Waals surface area contributed by atoms with Crippen LogP contribution >= 0.6 is 11.6 Å². The second kappa shape index (κ2) is 6.84. The second-order valence-electron chi connectivity index (χ2n) is 5.40. The van der Waals surface area contributed by atoms with Crippen molar-refractivity contribution in [2.45, 2.75) is 19.4 Å². The molecular formula is C18H16ClNO3. The maximum atomic E-state index is 12.1. The van der Waals surface area contributed by atoms with Crippen LogP contribution < -0.4 is 4.90 Å². The fourth-order valence-corrected chi connectivity index (χ4v) is 2.77. The Hall–Kier alpha value is -2.33. The zero-order chi connectivity index (χ0) is 16.2. The average Bonchev–Trinajstić information content (AvgIpc) is 2.99. The van der Waals surface area contributed by atoms with E-state index in [1.54, 1.807) is 41.3 Å². The van der Waals surface area contributed by atoms with Gasteiger partial charge in [0.15, 0.2) is 0 Å². The quantitative estimate of drug-likeness (QED) is 0.801. The third-order valence-corrected chi connectivity index (χ3v) is 3.98. The van der Waals surface area contributed by atoms with E-state index in [2.05, 4.69) is 0 Å². The zero-order valence-electron chi connectivity index (χ0n) is 12.5. The molecule has 1 saturated heterocycles. The largest absolute Gasteiger partial charge is 0.457 e. The molecule has 0 spiro atoms. The lowest BCUT2D eigenvalue weighted by molar-refractivity contribution is -0.117. The fourth-order valence-electron chi connectivity index (χ4n) is 2.56. The molecule has 2 aromatic carbocycles. The lowest BCUT2D eigenvalue weighted by atomic mass is 10.2. The van der Waals surface area contributed by atoms with Crippen molar-refractivity contribution >= 4 is 29.2 Å². The summed E-state index contributed by atoms with van der Waals surface area (Å²) in [6.45, 7) is 0.906. The van der Waals surface area contributed by atoms with Crippen LogP contribution in [0.4, 0.5) is 5.69 Å². The number of amides is 1. The monoisotopic (exact) mass is 329 g/mol. The molecule has 0 bridgehead atoms. The van der Waals surface area contributed by atoms with E-state index in [0.29, 0.717) is 17.0 Å². The van der Waals surface area contributed by atoms with Gasteiger partial charge in [0.2, 0.25) is 5.91 Å². The minimum Gasteiger partial charge on any atom is -0.457 e. The van der Waals surface area contributed by atoms with Crippen LogP contribution in [0.15, 0.2) is 48.5 Å². The number of halogens is 1. The van der Waals surface area contributed by atoms with E-state index < -0.39 is 5.97 Å². The van der Waals surface area contributed by atoms with Gasteiger partial charge in [0.1, 0.15) is 6.61 Å². The molecule has 23 heavy (non-hydrogen) atoms. The van der Waals surface area contributed by atoms with Crippen LogP contribution in [0.25, 0.3) is 0 Å². The van der Waals surface area contributed by atoms with Crippen molar-refractivity contribution in [2.75, 3.05) is 11.4 Å². The number of hydrogen-bond acceptors (Lipinski definition) is 3. The Morgan fingerprint density at radius 1 is 1.17 bits per heavy atom. The molecule has 0 saturated carbocycles. The molecule has 0 aliphatic carbocycles. The predicted molar refractivity (Wildman–Crippen MR) is 88.6 cm³/mol. The Morgan fingerprint density at radius 2 is 1.96 bits per heavy atom. The first-order chi connectivity index (χ1) is 11.1. The topological polar surface area (TPSA) is 46.6 Å². The van der Waals surface area contributed by atoms with Crippen LogP contribution in [-0.4, -0.2) is 18.4 Å². The van der Waals surface area contributed by atoms with Crippen molar-refractivity contribution in [3.63, 3.8) is 0 Å². The molecule has 0 atom stereocenters. The molecular weight excluding hydrogens is 314 g/mol. The van der Waals surface area contributed by atoms with Crippen molar-refractivity contribution < 1.29 is 14.3 Å². The molecule has 2 aromatic rings. The van der Waals surface area contributed by atoms with Crippen molar-refractivity contribution in [1.82, 2.24) is 0 Å². The van der Waals surface area contributed by atoms with E-state index in [1.807, 2.05) is 12.1 Å². The van der Waals surface area contributed by atoms with Crippen molar-refractivity contribution in [2.24, 2.45) is 0 Å². The number of benzene rings is 2. The summed E-state index contributed by atoms with van der Waals surface area (Å²) in [5.41, 5.74) is 2.12. The molecule has 0 aromatic heterocycles. The Kier molecular flexibility index (Phi) is 4.63. The van der Waals surface area contributed by atoms with Gasteiger partial charge >= 0.3 is 5.97 Å². The molecule has 0 unspecified atom stereocenters. The third kappa shape index (κ3) is 3.71. The first kappa shape index (κ1) is 15.6. The number of anilines is 1. The third-order valence-electron chi connectivity index (χ3n) is 3.75. The van der Waals surface area contributed by atoms with Gasteiger partial charge in [-0.1, -0.05) is 23.7 Å². The van der Waals surface area contributed by atoms with Gasteiger partial charge in [-0.3, -0.25) is 4.79 Å². The van der Waals surface area contributed by atoms with Crippen molar-refractivity contribution in [1.29, 1.82) is 0 Å². The second-order valence-corrected chi connectivity index (χ2v) is 5.84. The highest BCUT2D eigenvalue weighted by atomic mass is 35.5. The highest BCUT2D eigenvalue weighted by molar-refractivity contribution is 6.30. The summed E-state index contributed by atoms with van der Waals surface area (Å²) >= 11 is 5.90. The van der Waals surface area contributed by atoms with Gasteiger partial charge in [0.05, 0.1) is 5.56 Å². The number of nitrogens with zero attached hydrogens (tertiary/aromatic N) is 1. The molecule has 0 N–H and O–H groups in total. The number of esters is 1. The molecule has 1 aliphatic heterocycles. The standard InChI is InChI=1S/C18H16ClNO3/c19-15-4-1-3-13(11-15)12-23-18(22)14-6-8-16(9-7-14)20-10-2-5-17(20)21/h1,3-4,6-9,11H,2,5,10,12H2. The lowest BCUT2D eigenvalue weighted by Crippen LogP contribution is -2.23. The Balaban J connectivity index is 1.62. The predicted octanol–water partition coefficient (Wildman–Crippen LogP) is 3.82. The summed E-state index contributed by atoms with van der Waals surface area (Å²) < 4.78 is 5.28. The summed E-state index contributed by atoms with van der Waals surface area (Å²) in [6.07, 6.45) is 1.46. The molecule has 1 heterocycles. The number of carbonyl (C=O) groups is 2. The number of rotatable bonds is 4. The van der Waals surface area contributed by atoms with Gasteiger partial charge in [-0.15, -0.1) is 0 Å². The van der Waals surface area contributed by atoms with Crippen LogP contribution in [0, 0.1) is 0 Å². The number of ether oxygens (including phenoxy) is 1. The molecule has 5 heteroatoms. The smallest absolute Gasteiger partial charge is 0.338 e. The van der Waals surface area contributed by atoms with Gasteiger partial charge in [-0.05, 0) is 48.4 Å². The first-order valence-corrected chi connectivity index (χ1v) is 7.83. The summed E-state index contributed by atoms with van der Waals surface area (Å²) in [5.74, 6) is -0.273.